The van der Waals surface area contributed by atoms with E-state index in [1.54, 1.807) is 7.11 Å². The monoisotopic (exact) mass is 277 g/mol. The maximum Gasteiger partial charge on any atom is 0.119 e. The molecule has 3 heteroatoms. The van der Waals surface area contributed by atoms with E-state index in [-0.39, 0.29) is 0 Å². The van der Waals surface area contributed by atoms with Crippen molar-refractivity contribution in [1.29, 1.82) is 0 Å². The van der Waals surface area contributed by atoms with Crippen LogP contribution in [-0.4, -0.2) is 25.9 Å². The minimum absolute atomic E-state index is 0.335. The van der Waals surface area contributed by atoms with Gasteiger partial charge in [-0.25, -0.2) is 0 Å². The summed E-state index contributed by atoms with van der Waals surface area (Å²) in [6.07, 6.45) is 5.42. The minimum atomic E-state index is 0.335. The van der Waals surface area contributed by atoms with Gasteiger partial charge in [-0.1, -0.05) is 13.8 Å². The van der Waals surface area contributed by atoms with E-state index in [0.29, 0.717) is 18.1 Å². The average molecular weight is 277 g/mol. The normalized spacial score (nSPS) is 17.4. The fraction of sp³-hybridized carbons (Fsp3) is 0.647. The van der Waals surface area contributed by atoms with Crippen LogP contribution < -0.4 is 10.1 Å². The molecule has 3 nitrogen and oxygen atoms in total. The molecule has 1 saturated carbocycles. The van der Waals surface area contributed by atoms with Crippen LogP contribution in [0.2, 0.25) is 0 Å². The second-order valence-electron chi connectivity index (χ2n) is 6.00. The fourth-order valence-electron chi connectivity index (χ4n) is 2.62. The molecule has 0 bridgehead atoms. The Bertz CT molecular complexity index is 382. The number of ether oxygens (including phenoxy) is 2. The van der Waals surface area contributed by atoms with Crippen molar-refractivity contribution < 1.29 is 9.47 Å². The van der Waals surface area contributed by atoms with Crippen molar-refractivity contribution in [2.24, 2.45) is 5.92 Å². The molecule has 1 atom stereocenters. The summed E-state index contributed by atoms with van der Waals surface area (Å²) >= 11 is 0. The topological polar surface area (TPSA) is 30.5 Å². The van der Waals surface area contributed by atoms with Crippen LogP contribution in [0.4, 0.5) is 5.69 Å². The van der Waals surface area contributed by atoms with Crippen LogP contribution >= 0.6 is 0 Å². The Kier molecular flexibility index (Phi) is 5.72. The lowest BCUT2D eigenvalue weighted by Gasteiger charge is -2.23. The molecule has 1 N–H and O–H groups in total. The molecule has 112 valence electrons. The molecular formula is C17H27NO2. The number of hydrogen-bond acceptors (Lipinski definition) is 3. The van der Waals surface area contributed by atoms with E-state index in [1.807, 2.05) is 0 Å². The van der Waals surface area contributed by atoms with Crippen LogP contribution in [0.3, 0.4) is 0 Å². The van der Waals surface area contributed by atoms with Crippen molar-refractivity contribution in [3.63, 3.8) is 0 Å². The molecule has 0 aliphatic heterocycles. The SMILES string of the molecule is COCC(Nc1ccc(OC2CCCC2)cc1)C(C)C. The number of nitrogens with one attached hydrogen (secondary N) is 1. The van der Waals surface area contributed by atoms with Crippen LogP contribution in [0.5, 0.6) is 5.75 Å². The van der Waals surface area contributed by atoms with E-state index in [9.17, 15) is 0 Å². The predicted molar refractivity (Wildman–Crippen MR) is 83.5 cm³/mol. The molecule has 2 rings (SSSR count). The first-order chi connectivity index (χ1) is 9.69. The quantitative estimate of drug-likeness (QED) is 0.814. The highest BCUT2D eigenvalue weighted by Gasteiger charge is 2.16. The molecule has 0 saturated heterocycles. The van der Waals surface area contributed by atoms with Gasteiger partial charge in [-0.3, -0.25) is 0 Å². The Morgan fingerprint density at radius 2 is 1.80 bits per heavy atom. The number of rotatable bonds is 7. The van der Waals surface area contributed by atoms with Crippen molar-refractivity contribution in [3.8, 4) is 5.75 Å². The van der Waals surface area contributed by atoms with Crippen molar-refractivity contribution in [1.82, 2.24) is 0 Å². The molecule has 20 heavy (non-hydrogen) atoms. The van der Waals surface area contributed by atoms with E-state index >= 15 is 0 Å². The summed E-state index contributed by atoms with van der Waals surface area (Å²) in [5, 5.41) is 3.52. The largest absolute Gasteiger partial charge is 0.490 e. The Labute approximate surface area is 122 Å². The van der Waals surface area contributed by atoms with Crippen LogP contribution in [0.1, 0.15) is 39.5 Å². The number of hydrogen-bond donors (Lipinski definition) is 1. The maximum atomic E-state index is 5.98. The van der Waals surface area contributed by atoms with Gasteiger partial charge in [0.15, 0.2) is 0 Å². The first-order valence-electron chi connectivity index (χ1n) is 7.71. The highest BCUT2D eigenvalue weighted by molar-refractivity contribution is 5.47. The molecular weight excluding hydrogens is 250 g/mol. The minimum Gasteiger partial charge on any atom is -0.490 e. The van der Waals surface area contributed by atoms with Gasteiger partial charge in [0.25, 0.3) is 0 Å². The van der Waals surface area contributed by atoms with Crippen molar-refractivity contribution in [2.75, 3.05) is 19.0 Å². The molecule has 1 aromatic rings. The van der Waals surface area contributed by atoms with Gasteiger partial charge in [0.05, 0.1) is 18.8 Å². The second-order valence-corrected chi connectivity index (χ2v) is 6.00. The summed E-state index contributed by atoms with van der Waals surface area (Å²) in [5.41, 5.74) is 1.12. The average Bonchev–Trinajstić information content (AvgIpc) is 2.93. The molecule has 1 aromatic carbocycles. The van der Waals surface area contributed by atoms with E-state index in [2.05, 4.69) is 43.4 Å². The summed E-state index contributed by atoms with van der Waals surface area (Å²) in [6.45, 7) is 5.13. The van der Waals surface area contributed by atoms with E-state index in [4.69, 9.17) is 9.47 Å². The summed E-state index contributed by atoms with van der Waals surface area (Å²) in [4.78, 5) is 0. The lowest BCUT2D eigenvalue weighted by atomic mass is 10.1. The van der Waals surface area contributed by atoms with Gasteiger partial charge in [-0.2, -0.15) is 0 Å². The predicted octanol–water partition coefficient (Wildman–Crippen LogP) is 4.09. The molecule has 0 heterocycles. The molecule has 0 spiro atoms. The molecule has 1 fully saturated rings. The zero-order valence-corrected chi connectivity index (χ0v) is 12.9. The van der Waals surface area contributed by atoms with Gasteiger partial charge in [0.1, 0.15) is 5.75 Å². The summed E-state index contributed by atoms with van der Waals surface area (Å²) in [5.74, 6) is 1.51. The molecule has 0 radical (unpaired) electrons. The fourth-order valence-corrected chi connectivity index (χ4v) is 2.62. The Morgan fingerprint density at radius 3 is 2.35 bits per heavy atom. The third kappa shape index (κ3) is 4.41. The van der Waals surface area contributed by atoms with Gasteiger partial charge in [0.2, 0.25) is 0 Å². The van der Waals surface area contributed by atoms with E-state index < -0.39 is 0 Å². The third-order valence-corrected chi connectivity index (χ3v) is 3.96. The second kappa shape index (κ2) is 7.53. The lowest BCUT2D eigenvalue weighted by Crippen LogP contribution is -2.30. The van der Waals surface area contributed by atoms with Gasteiger partial charge in [-0.05, 0) is 55.9 Å². The Hall–Kier alpha value is -1.22. The van der Waals surface area contributed by atoms with Gasteiger partial charge in [-0.15, -0.1) is 0 Å². The Balaban J connectivity index is 1.89. The molecule has 0 aromatic heterocycles. The van der Waals surface area contributed by atoms with E-state index in [0.717, 1.165) is 18.0 Å². The maximum absolute atomic E-state index is 5.98. The first-order valence-corrected chi connectivity index (χ1v) is 7.71. The molecule has 1 unspecified atom stereocenters. The smallest absolute Gasteiger partial charge is 0.119 e. The lowest BCUT2D eigenvalue weighted by molar-refractivity contribution is 0.171. The van der Waals surface area contributed by atoms with Gasteiger partial charge in [0, 0.05) is 12.8 Å². The number of anilines is 1. The van der Waals surface area contributed by atoms with E-state index in [1.165, 1.54) is 25.7 Å². The molecule has 1 aliphatic rings. The standard InChI is InChI=1S/C17H27NO2/c1-13(2)17(12-19-3)18-14-8-10-16(11-9-14)20-15-6-4-5-7-15/h8-11,13,15,17-18H,4-7,12H2,1-3H3. The molecule has 1 aliphatic carbocycles. The summed E-state index contributed by atoms with van der Waals surface area (Å²) < 4.78 is 11.2. The van der Waals surface area contributed by atoms with Crippen molar-refractivity contribution >= 4 is 5.69 Å². The highest BCUT2D eigenvalue weighted by atomic mass is 16.5. The summed E-state index contributed by atoms with van der Waals surface area (Å²) in [6, 6.07) is 8.64. The number of methoxy groups -OCH3 is 1. The van der Waals surface area contributed by atoms with Crippen LogP contribution in [-0.2, 0) is 4.74 Å². The van der Waals surface area contributed by atoms with Crippen molar-refractivity contribution in [3.05, 3.63) is 24.3 Å². The summed E-state index contributed by atoms with van der Waals surface area (Å²) in [7, 11) is 1.75. The van der Waals surface area contributed by atoms with Crippen LogP contribution in [0.15, 0.2) is 24.3 Å². The van der Waals surface area contributed by atoms with Crippen LogP contribution in [0.25, 0.3) is 0 Å². The van der Waals surface area contributed by atoms with Gasteiger partial charge >= 0.3 is 0 Å². The highest BCUT2D eigenvalue weighted by Crippen LogP contribution is 2.25. The van der Waals surface area contributed by atoms with Crippen molar-refractivity contribution in [2.45, 2.75) is 51.7 Å². The van der Waals surface area contributed by atoms with Crippen LogP contribution in [0, 0.1) is 5.92 Å². The number of benzene rings is 1. The zero-order chi connectivity index (χ0) is 14.4. The molecule has 0 amide bonds. The Morgan fingerprint density at radius 1 is 1.15 bits per heavy atom. The third-order valence-electron chi connectivity index (χ3n) is 3.96. The first kappa shape index (κ1) is 15.2. The zero-order valence-electron chi connectivity index (χ0n) is 12.9. The van der Waals surface area contributed by atoms with Gasteiger partial charge < -0.3 is 14.8 Å².